The predicted octanol–water partition coefficient (Wildman–Crippen LogP) is 2.74. The van der Waals surface area contributed by atoms with Gasteiger partial charge < -0.3 is 9.47 Å². The first-order valence-corrected chi connectivity index (χ1v) is 5.71. The summed E-state index contributed by atoms with van der Waals surface area (Å²) in [5.74, 6) is 0.883. The molecule has 88 valence electrons. The molecule has 4 heteroatoms. The molecular weight excluding hydrogens is 272 g/mol. The van der Waals surface area contributed by atoms with Crippen molar-refractivity contribution >= 4 is 21.7 Å². The average Bonchev–Trinajstić information content (AvgIpc) is 2.21. The zero-order chi connectivity index (χ0) is 12.1. The fourth-order valence-electron chi connectivity index (χ4n) is 1.52. The molecule has 0 spiro atoms. The third-order valence-electron chi connectivity index (χ3n) is 2.21. The molecule has 0 heterocycles. The molecule has 0 bridgehead atoms. The summed E-state index contributed by atoms with van der Waals surface area (Å²) in [6.45, 7) is 2.06. The summed E-state index contributed by atoms with van der Waals surface area (Å²) in [6, 6.07) is 3.81. The summed E-state index contributed by atoms with van der Waals surface area (Å²) < 4.78 is 11.2. The normalized spacial score (nSPS) is 10.2. The van der Waals surface area contributed by atoms with Crippen LogP contribution in [-0.4, -0.2) is 20.0 Å². The van der Waals surface area contributed by atoms with Crippen LogP contribution >= 0.6 is 15.9 Å². The van der Waals surface area contributed by atoms with Crippen LogP contribution in [0.5, 0.6) is 5.75 Å². The van der Waals surface area contributed by atoms with E-state index in [9.17, 15) is 4.79 Å². The Labute approximate surface area is 104 Å². The summed E-state index contributed by atoms with van der Waals surface area (Å²) in [6.07, 6.45) is 0.418. The zero-order valence-electron chi connectivity index (χ0n) is 9.67. The quantitative estimate of drug-likeness (QED) is 0.835. The Morgan fingerprint density at radius 1 is 1.31 bits per heavy atom. The molecule has 0 unspecified atom stereocenters. The summed E-state index contributed by atoms with van der Waals surface area (Å²) in [4.78, 5) is 11.1. The van der Waals surface area contributed by atoms with E-state index in [4.69, 9.17) is 9.47 Å². The SMILES string of the molecule is COCc1cc(OC)c(Br)cc1CC(C)=O. The minimum absolute atomic E-state index is 0.134. The lowest BCUT2D eigenvalue weighted by atomic mass is 10.0. The largest absolute Gasteiger partial charge is 0.496 e. The molecule has 1 aromatic carbocycles. The second-order valence-corrected chi connectivity index (χ2v) is 4.42. The second kappa shape index (κ2) is 6.01. The number of hydrogen-bond acceptors (Lipinski definition) is 3. The Morgan fingerprint density at radius 2 is 2.00 bits per heavy atom. The molecule has 0 saturated heterocycles. The van der Waals surface area contributed by atoms with E-state index in [1.54, 1.807) is 21.1 Å². The van der Waals surface area contributed by atoms with E-state index in [1.807, 2.05) is 12.1 Å². The molecule has 1 rings (SSSR count). The lowest BCUT2D eigenvalue weighted by Crippen LogP contribution is -2.03. The smallest absolute Gasteiger partial charge is 0.134 e. The number of ether oxygens (including phenoxy) is 2. The van der Waals surface area contributed by atoms with Gasteiger partial charge >= 0.3 is 0 Å². The maximum absolute atomic E-state index is 11.1. The number of rotatable bonds is 5. The molecule has 0 aromatic heterocycles. The van der Waals surface area contributed by atoms with Crippen molar-refractivity contribution in [2.75, 3.05) is 14.2 Å². The molecule has 3 nitrogen and oxygen atoms in total. The van der Waals surface area contributed by atoms with Gasteiger partial charge in [0.05, 0.1) is 18.2 Å². The van der Waals surface area contributed by atoms with E-state index in [-0.39, 0.29) is 5.78 Å². The lowest BCUT2D eigenvalue weighted by Gasteiger charge is -2.11. The summed E-state index contributed by atoms with van der Waals surface area (Å²) in [7, 11) is 3.24. The molecule has 0 saturated carbocycles. The molecule has 0 radical (unpaired) electrons. The fraction of sp³-hybridized carbons (Fsp3) is 0.417. The van der Waals surface area contributed by atoms with Gasteiger partial charge in [0.2, 0.25) is 0 Å². The predicted molar refractivity (Wildman–Crippen MR) is 65.8 cm³/mol. The third kappa shape index (κ3) is 3.32. The molecule has 16 heavy (non-hydrogen) atoms. The first-order valence-electron chi connectivity index (χ1n) is 4.92. The third-order valence-corrected chi connectivity index (χ3v) is 2.83. The standard InChI is InChI=1S/C12H15BrO3/c1-8(14)4-9-5-11(13)12(16-3)6-10(9)7-15-2/h5-6H,4,7H2,1-3H3. The first kappa shape index (κ1) is 13.2. The Kier molecular flexibility index (Phi) is 4.96. The van der Waals surface area contributed by atoms with Crippen LogP contribution in [0.2, 0.25) is 0 Å². The first-order chi connectivity index (χ1) is 7.58. The summed E-state index contributed by atoms with van der Waals surface area (Å²) >= 11 is 3.41. The van der Waals surface area contributed by atoms with E-state index in [0.29, 0.717) is 13.0 Å². The highest BCUT2D eigenvalue weighted by atomic mass is 79.9. The van der Waals surface area contributed by atoms with Crippen LogP contribution in [0, 0.1) is 0 Å². The minimum atomic E-state index is 0.134. The Morgan fingerprint density at radius 3 is 2.50 bits per heavy atom. The average molecular weight is 287 g/mol. The zero-order valence-corrected chi connectivity index (χ0v) is 11.3. The highest BCUT2D eigenvalue weighted by molar-refractivity contribution is 9.10. The van der Waals surface area contributed by atoms with Crippen molar-refractivity contribution in [3.05, 3.63) is 27.7 Å². The van der Waals surface area contributed by atoms with Crippen LogP contribution in [0.15, 0.2) is 16.6 Å². The van der Waals surface area contributed by atoms with E-state index in [1.165, 1.54) is 0 Å². The van der Waals surface area contributed by atoms with Crippen molar-refractivity contribution < 1.29 is 14.3 Å². The van der Waals surface area contributed by atoms with Gasteiger partial charge in [0.1, 0.15) is 11.5 Å². The van der Waals surface area contributed by atoms with Crippen LogP contribution in [0.4, 0.5) is 0 Å². The molecule has 0 aliphatic rings. The Balaban J connectivity index is 3.13. The van der Waals surface area contributed by atoms with E-state index < -0.39 is 0 Å². The fourth-order valence-corrected chi connectivity index (χ4v) is 2.07. The van der Waals surface area contributed by atoms with Crippen LogP contribution in [0.3, 0.4) is 0 Å². The lowest BCUT2D eigenvalue weighted by molar-refractivity contribution is -0.116. The van der Waals surface area contributed by atoms with Crippen molar-refractivity contribution in [2.24, 2.45) is 0 Å². The highest BCUT2D eigenvalue weighted by Gasteiger charge is 2.10. The van der Waals surface area contributed by atoms with Gasteiger partial charge in [0, 0.05) is 13.5 Å². The van der Waals surface area contributed by atoms with Gasteiger partial charge in [-0.25, -0.2) is 0 Å². The number of carbonyl (C=O) groups excluding carboxylic acids is 1. The van der Waals surface area contributed by atoms with Gasteiger partial charge in [-0.2, -0.15) is 0 Å². The molecule has 0 fully saturated rings. The molecule has 0 N–H and O–H groups in total. The number of ketones is 1. The molecular formula is C12H15BrO3. The topological polar surface area (TPSA) is 35.5 Å². The number of halogens is 1. The molecule has 0 amide bonds. The van der Waals surface area contributed by atoms with Gasteiger partial charge in [-0.15, -0.1) is 0 Å². The second-order valence-electron chi connectivity index (χ2n) is 3.57. The van der Waals surface area contributed by atoms with E-state index in [2.05, 4.69) is 15.9 Å². The Bertz CT molecular complexity index is 388. The van der Waals surface area contributed by atoms with Crippen LogP contribution in [0.1, 0.15) is 18.1 Å². The molecule has 0 atom stereocenters. The van der Waals surface area contributed by atoms with Gasteiger partial charge in [-0.05, 0) is 46.1 Å². The number of Topliss-reactive ketones (excluding diaryl/α,β-unsaturated/α-hetero) is 1. The number of benzene rings is 1. The number of hydrogen-bond donors (Lipinski definition) is 0. The maximum atomic E-state index is 11.1. The molecule has 0 aliphatic heterocycles. The summed E-state index contributed by atoms with van der Waals surface area (Å²) in [5.41, 5.74) is 1.96. The molecule has 1 aromatic rings. The Hall–Kier alpha value is -0.870. The molecule has 0 aliphatic carbocycles. The van der Waals surface area contributed by atoms with Crippen LogP contribution in [0.25, 0.3) is 0 Å². The van der Waals surface area contributed by atoms with E-state index in [0.717, 1.165) is 21.3 Å². The van der Waals surface area contributed by atoms with Crippen molar-refractivity contribution in [2.45, 2.75) is 20.0 Å². The maximum Gasteiger partial charge on any atom is 0.134 e. The number of methoxy groups -OCH3 is 2. The van der Waals surface area contributed by atoms with E-state index >= 15 is 0 Å². The monoisotopic (exact) mass is 286 g/mol. The van der Waals surface area contributed by atoms with Crippen LogP contribution < -0.4 is 4.74 Å². The summed E-state index contributed by atoms with van der Waals surface area (Å²) in [5, 5.41) is 0. The van der Waals surface area contributed by atoms with Gasteiger partial charge in [0.25, 0.3) is 0 Å². The highest BCUT2D eigenvalue weighted by Crippen LogP contribution is 2.29. The van der Waals surface area contributed by atoms with Crippen LogP contribution in [-0.2, 0) is 22.6 Å². The van der Waals surface area contributed by atoms with Crippen molar-refractivity contribution in [1.29, 1.82) is 0 Å². The minimum Gasteiger partial charge on any atom is -0.496 e. The number of carbonyl (C=O) groups is 1. The van der Waals surface area contributed by atoms with Crippen molar-refractivity contribution in [3.8, 4) is 5.75 Å². The van der Waals surface area contributed by atoms with Gasteiger partial charge in [0.15, 0.2) is 0 Å². The van der Waals surface area contributed by atoms with Gasteiger partial charge in [-0.3, -0.25) is 4.79 Å². The van der Waals surface area contributed by atoms with Crippen molar-refractivity contribution in [3.63, 3.8) is 0 Å². The van der Waals surface area contributed by atoms with Crippen molar-refractivity contribution in [1.82, 2.24) is 0 Å². The van der Waals surface area contributed by atoms with Gasteiger partial charge in [-0.1, -0.05) is 0 Å².